The Morgan fingerprint density at radius 2 is 2.06 bits per heavy atom. The first kappa shape index (κ1) is 13.2. The van der Waals surface area contributed by atoms with E-state index in [-0.39, 0.29) is 11.7 Å². The molecule has 3 atom stereocenters. The molecular formula is C14H25NO2S. The average Bonchev–Trinajstić information content (AvgIpc) is 2.87. The summed E-state index contributed by atoms with van der Waals surface area (Å²) in [6, 6.07) is 0. The smallest absolute Gasteiger partial charge is 0.0783 e. The summed E-state index contributed by atoms with van der Waals surface area (Å²) >= 11 is 2.01. The average molecular weight is 271 g/mol. The number of hydrogen-bond donors (Lipinski definition) is 2. The fourth-order valence-corrected chi connectivity index (χ4v) is 5.17. The fourth-order valence-electron chi connectivity index (χ4n) is 3.79. The van der Waals surface area contributed by atoms with Crippen LogP contribution in [0.1, 0.15) is 32.1 Å². The van der Waals surface area contributed by atoms with E-state index in [0.717, 1.165) is 51.1 Å². The van der Waals surface area contributed by atoms with Gasteiger partial charge in [0.15, 0.2) is 0 Å². The van der Waals surface area contributed by atoms with E-state index in [9.17, 15) is 5.11 Å². The Labute approximate surface area is 114 Å². The summed E-state index contributed by atoms with van der Waals surface area (Å²) in [6.07, 6.45) is 5.51. The van der Waals surface area contributed by atoms with Crippen molar-refractivity contribution in [1.82, 2.24) is 5.32 Å². The molecule has 3 unspecified atom stereocenters. The number of aliphatic hydroxyl groups is 1. The van der Waals surface area contributed by atoms with Crippen molar-refractivity contribution in [3.63, 3.8) is 0 Å². The van der Waals surface area contributed by atoms with E-state index in [1.54, 1.807) is 0 Å². The Balaban J connectivity index is 1.60. The first-order valence-electron chi connectivity index (χ1n) is 7.40. The van der Waals surface area contributed by atoms with Crippen molar-refractivity contribution in [2.24, 2.45) is 11.8 Å². The quantitative estimate of drug-likeness (QED) is 0.801. The van der Waals surface area contributed by atoms with Crippen LogP contribution in [0.15, 0.2) is 0 Å². The first-order valence-corrected chi connectivity index (χ1v) is 8.55. The Bertz CT molecular complexity index is 275. The van der Waals surface area contributed by atoms with Crippen LogP contribution in [-0.2, 0) is 4.74 Å². The van der Waals surface area contributed by atoms with E-state index in [2.05, 4.69) is 5.32 Å². The first-order chi connectivity index (χ1) is 8.79. The molecule has 3 nitrogen and oxygen atoms in total. The van der Waals surface area contributed by atoms with Crippen LogP contribution in [0.2, 0.25) is 0 Å². The Morgan fingerprint density at radius 3 is 2.78 bits per heavy atom. The van der Waals surface area contributed by atoms with Crippen molar-refractivity contribution < 1.29 is 9.84 Å². The highest BCUT2D eigenvalue weighted by molar-refractivity contribution is 7.99. The second-order valence-electron chi connectivity index (χ2n) is 6.16. The summed E-state index contributed by atoms with van der Waals surface area (Å²) in [7, 11) is 0. The minimum Gasteiger partial charge on any atom is -0.393 e. The maximum atomic E-state index is 10.7. The molecule has 4 heteroatoms. The minimum absolute atomic E-state index is 0.0986. The van der Waals surface area contributed by atoms with Crippen LogP contribution in [0.25, 0.3) is 0 Å². The molecule has 0 aromatic rings. The molecule has 0 amide bonds. The monoisotopic (exact) mass is 271 g/mol. The van der Waals surface area contributed by atoms with E-state index < -0.39 is 0 Å². The van der Waals surface area contributed by atoms with Gasteiger partial charge in [-0.15, -0.1) is 0 Å². The number of rotatable bonds is 2. The predicted molar refractivity (Wildman–Crippen MR) is 74.9 cm³/mol. The van der Waals surface area contributed by atoms with Gasteiger partial charge in [-0.1, -0.05) is 0 Å². The van der Waals surface area contributed by atoms with E-state index in [1.165, 1.54) is 12.2 Å². The maximum absolute atomic E-state index is 10.7. The van der Waals surface area contributed by atoms with Crippen LogP contribution in [0, 0.1) is 11.8 Å². The molecule has 0 aromatic carbocycles. The van der Waals surface area contributed by atoms with Crippen molar-refractivity contribution in [1.29, 1.82) is 0 Å². The van der Waals surface area contributed by atoms with Gasteiger partial charge in [0.2, 0.25) is 0 Å². The molecule has 3 rings (SSSR count). The fraction of sp³-hybridized carbons (Fsp3) is 1.00. The van der Waals surface area contributed by atoms with Crippen LogP contribution >= 0.6 is 11.8 Å². The van der Waals surface area contributed by atoms with E-state index in [0.29, 0.717) is 11.8 Å². The molecule has 0 bridgehead atoms. The SMILES string of the molecule is OC(C1CCNCC1)C1CCOC2(CCSC2)C1. The van der Waals surface area contributed by atoms with Gasteiger partial charge in [0.25, 0.3) is 0 Å². The summed E-state index contributed by atoms with van der Waals surface area (Å²) in [5.74, 6) is 3.36. The Hall–Kier alpha value is 0.230. The highest BCUT2D eigenvalue weighted by Gasteiger charge is 2.43. The van der Waals surface area contributed by atoms with Crippen molar-refractivity contribution in [3.05, 3.63) is 0 Å². The zero-order valence-electron chi connectivity index (χ0n) is 11.1. The molecule has 0 saturated carbocycles. The predicted octanol–water partition coefficient (Wildman–Crippen LogP) is 1.65. The summed E-state index contributed by atoms with van der Waals surface area (Å²) in [6.45, 7) is 3.01. The van der Waals surface area contributed by atoms with Crippen molar-refractivity contribution >= 4 is 11.8 Å². The molecule has 0 aliphatic carbocycles. The molecule has 3 aliphatic heterocycles. The van der Waals surface area contributed by atoms with Crippen LogP contribution in [-0.4, -0.2) is 48.0 Å². The summed E-state index contributed by atoms with van der Waals surface area (Å²) < 4.78 is 6.05. The van der Waals surface area contributed by atoms with Crippen LogP contribution in [0.3, 0.4) is 0 Å². The van der Waals surface area contributed by atoms with Gasteiger partial charge in [0.05, 0.1) is 11.7 Å². The molecule has 0 aromatic heterocycles. The number of ether oxygens (including phenoxy) is 1. The molecule has 18 heavy (non-hydrogen) atoms. The lowest BCUT2D eigenvalue weighted by Crippen LogP contribution is -2.46. The third-order valence-electron chi connectivity index (χ3n) is 4.95. The lowest BCUT2D eigenvalue weighted by atomic mass is 9.76. The molecule has 0 radical (unpaired) electrons. The number of nitrogens with one attached hydrogen (secondary N) is 1. The van der Waals surface area contributed by atoms with Gasteiger partial charge in [0, 0.05) is 12.4 Å². The van der Waals surface area contributed by atoms with Gasteiger partial charge < -0.3 is 15.2 Å². The molecule has 3 fully saturated rings. The maximum Gasteiger partial charge on any atom is 0.0783 e. The number of aliphatic hydroxyl groups excluding tert-OH is 1. The molecule has 2 N–H and O–H groups in total. The van der Waals surface area contributed by atoms with Crippen LogP contribution in [0.5, 0.6) is 0 Å². The highest BCUT2D eigenvalue weighted by atomic mass is 32.2. The minimum atomic E-state index is -0.0986. The zero-order valence-corrected chi connectivity index (χ0v) is 11.9. The lowest BCUT2D eigenvalue weighted by molar-refractivity contribution is -0.111. The molecule has 3 aliphatic rings. The normalized spacial score (nSPS) is 40.2. The second-order valence-corrected chi connectivity index (χ2v) is 7.27. The van der Waals surface area contributed by atoms with Crippen molar-refractivity contribution in [2.75, 3.05) is 31.2 Å². The number of thioether (sulfide) groups is 1. The van der Waals surface area contributed by atoms with Gasteiger partial charge >= 0.3 is 0 Å². The van der Waals surface area contributed by atoms with Gasteiger partial charge in [-0.3, -0.25) is 0 Å². The standard InChI is InChI=1S/C14H25NO2S/c16-13(11-1-5-15-6-2-11)12-3-7-17-14(9-12)4-8-18-10-14/h11-13,15-16H,1-10H2. The summed E-state index contributed by atoms with van der Waals surface area (Å²) in [4.78, 5) is 0. The van der Waals surface area contributed by atoms with E-state index in [4.69, 9.17) is 4.74 Å². The van der Waals surface area contributed by atoms with Crippen molar-refractivity contribution in [3.8, 4) is 0 Å². The van der Waals surface area contributed by atoms with Crippen molar-refractivity contribution in [2.45, 2.75) is 43.8 Å². The van der Waals surface area contributed by atoms with Crippen LogP contribution < -0.4 is 5.32 Å². The molecule has 3 heterocycles. The third kappa shape index (κ3) is 2.72. The lowest BCUT2D eigenvalue weighted by Gasteiger charge is -2.42. The number of hydrogen-bond acceptors (Lipinski definition) is 4. The molecular weight excluding hydrogens is 246 g/mol. The summed E-state index contributed by atoms with van der Waals surface area (Å²) in [5, 5.41) is 14.0. The Morgan fingerprint density at radius 1 is 1.22 bits per heavy atom. The van der Waals surface area contributed by atoms with Gasteiger partial charge in [-0.2, -0.15) is 11.8 Å². The third-order valence-corrected chi connectivity index (χ3v) is 6.17. The van der Waals surface area contributed by atoms with Gasteiger partial charge in [0.1, 0.15) is 0 Å². The molecule has 3 saturated heterocycles. The Kier molecular flexibility index (Phi) is 4.18. The van der Waals surface area contributed by atoms with E-state index in [1.807, 2.05) is 11.8 Å². The van der Waals surface area contributed by atoms with Gasteiger partial charge in [-0.25, -0.2) is 0 Å². The molecule has 104 valence electrons. The highest BCUT2D eigenvalue weighted by Crippen LogP contribution is 2.42. The topological polar surface area (TPSA) is 41.5 Å². The van der Waals surface area contributed by atoms with Crippen LogP contribution in [0.4, 0.5) is 0 Å². The van der Waals surface area contributed by atoms with Gasteiger partial charge in [-0.05, 0) is 62.8 Å². The second kappa shape index (κ2) is 5.70. The van der Waals surface area contributed by atoms with E-state index >= 15 is 0 Å². The number of piperidine rings is 1. The summed E-state index contributed by atoms with van der Waals surface area (Å²) in [5.41, 5.74) is 0.113. The molecule has 1 spiro atoms. The largest absolute Gasteiger partial charge is 0.393 e. The zero-order chi connectivity index (χ0) is 12.4.